The third-order valence-corrected chi connectivity index (χ3v) is 3.35. The van der Waals surface area contributed by atoms with E-state index in [1.54, 1.807) is 25.1 Å². The molecule has 2 aromatic carbocycles. The lowest BCUT2D eigenvalue weighted by molar-refractivity contribution is 0.319. The van der Waals surface area contributed by atoms with Crippen molar-refractivity contribution in [3.63, 3.8) is 0 Å². The van der Waals surface area contributed by atoms with Gasteiger partial charge in [0.15, 0.2) is 0 Å². The number of aromatic hydroxyl groups is 1. The second-order valence-electron chi connectivity index (χ2n) is 4.29. The first-order valence-electron chi connectivity index (χ1n) is 6.03. The summed E-state index contributed by atoms with van der Waals surface area (Å²) in [5, 5.41) is 22.5. The van der Waals surface area contributed by atoms with Gasteiger partial charge in [-0.05, 0) is 25.1 Å². The second kappa shape index (κ2) is 6.61. The first kappa shape index (κ1) is 15.4. The van der Waals surface area contributed by atoms with Crippen LogP contribution in [-0.2, 0) is 0 Å². The number of phenols is 1. The Morgan fingerprint density at radius 1 is 1.19 bits per heavy atom. The highest BCUT2D eigenvalue weighted by atomic mass is 35.5. The largest absolute Gasteiger partial charge is 0.506 e. The highest BCUT2D eigenvalue weighted by Crippen LogP contribution is 2.30. The van der Waals surface area contributed by atoms with E-state index in [0.29, 0.717) is 27.5 Å². The van der Waals surface area contributed by atoms with Crippen molar-refractivity contribution in [3.05, 3.63) is 57.6 Å². The molecular weight excluding hydrogens is 311 g/mol. The van der Waals surface area contributed by atoms with Crippen molar-refractivity contribution in [2.45, 2.75) is 6.92 Å². The molecule has 0 heterocycles. The van der Waals surface area contributed by atoms with Gasteiger partial charge in [0.1, 0.15) is 5.75 Å². The molecule has 6 heteroatoms. The SMILES string of the molecule is C/C(=N\O)c1ccccc1N=Cc1cc(Cl)cc(Cl)c1O. The van der Waals surface area contributed by atoms with Gasteiger partial charge in [-0.1, -0.05) is 46.6 Å². The van der Waals surface area contributed by atoms with Gasteiger partial charge in [-0.15, -0.1) is 0 Å². The van der Waals surface area contributed by atoms with Gasteiger partial charge in [-0.25, -0.2) is 0 Å². The van der Waals surface area contributed by atoms with Gasteiger partial charge in [0.05, 0.1) is 16.4 Å². The molecule has 0 radical (unpaired) electrons. The summed E-state index contributed by atoms with van der Waals surface area (Å²) in [6, 6.07) is 10.2. The maximum Gasteiger partial charge on any atom is 0.143 e. The molecule has 2 rings (SSSR count). The minimum Gasteiger partial charge on any atom is -0.506 e. The van der Waals surface area contributed by atoms with Crippen molar-refractivity contribution in [2.24, 2.45) is 10.1 Å². The van der Waals surface area contributed by atoms with Crippen molar-refractivity contribution in [3.8, 4) is 5.75 Å². The third kappa shape index (κ3) is 3.54. The Hall–Kier alpha value is -2.04. The van der Waals surface area contributed by atoms with E-state index >= 15 is 0 Å². The Morgan fingerprint density at radius 3 is 2.62 bits per heavy atom. The van der Waals surface area contributed by atoms with Crippen LogP contribution in [0.4, 0.5) is 5.69 Å². The maximum absolute atomic E-state index is 9.88. The molecule has 0 saturated carbocycles. The topological polar surface area (TPSA) is 65.2 Å². The van der Waals surface area contributed by atoms with E-state index in [1.165, 1.54) is 12.3 Å². The van der Waals surface area contributed by atoms with Crippen molar-refractivity contribution < 1.29 is 10.3 Å². The molecular formula is C15H12Cl2N2O2. The Balaban J connectivity index is 2.44. The average molecular weight is 323 g/mol. The monoisotopic (exact) mass is 322 g/mol. The normalized spacial score (nSPS) is 12.0. The molecule has 0 fully saturated rings. The zero-order valence-corrected chi connectivity index (χ0v) is 12.6. The Labute approximate surface area is 132 Å². The summed E-state index contributed by atoms with van der Waals surface area (Å²) >= 11 is 11.8. The lowest BCUT2D eigenvalue weighted by Crippen LogP contribution is -1.94. The third-order valence-electron chi connectivity index (χ3n) is 2.84. The minimum atomic E-state index is -0.0881. The van der Waals surface area contributed by atoms with E-state index in [0.717, 1.165) is 0 Å². The highest BCUT2D eigenvalue weighted by Gasteiger charge is 2.07. The van der Waals surface area contributed by atoms with Crippen molar-refractivity contribution in [1.82, 2.24) is 0 Å². The summed E-state index contributed by atoms with van der Waals surface area (Å²) < 4.78 is 0. The first-order chi connectivity index (χ1) is 10.0. The number of phenolic OH excluding ortho intramolecular Hbond substituents is 1. The molecule has 0 aliphatic carbocycles. The van der Waals surface area contributed by atoms with Gasteiger partial charge in [0.2, 0.25) is 0 Å². The number of nitrogens with zero attached hydrogens (tertiary/aromatic N) is 2. The zero-order valence-electron chi connectivity index (χ0n) is 11.1. The lowest BCUT2D eigenvalue weighted by Gasteiger charge is -2.05. The van der Waals surface area contributed by atoms with Crippen LogP contribution in [0.2, 0.25) is 10.0 Å². The first-order valence-corrected chi connectivity index (χ1v) is 6.78. The number of para-hydroxylation sites is 1. The Bertz CT molecular complexity index is 728. The van der Waals surface area contributed by atoms with Crippen LogP contribution in [0.1, 0.15) is 18.1 Å². The van der Waals surface area contributed by atoms with Crippen LogP contribution in [0.15, 0.2) is 46.5 Å². The van der Waals surface area contributed by atoms with Crippen LogP contribution in [0.3, 0.4) is 0 Å². The Kier molecular flexibility index (Phi) is 4.83. The lowest BCUT2D eigenvalue weighted by atomic mass is 10.1. The van der Waals surface area contributed by atoms with Gasteiger partial charge >= 0.3 is 0 Å². The number of halogens is 2. The molecule has 0 spiro atoms. The molecule has 0 atom stereocenters. The molecule has 0 aromatic heterocycles. The van der Waals surface area contributed by atoms with Crippen LogP contribution in [0.25, 0.3) is 0 Å². The van der Waals surface area contributed by atoms with Crippen LogP contribution in [-0.4, -0.2) is 22.2 Å². The smallest absolute Gasteiger partial charge is 0.143 e. The molecule has 0 saturated heterocycles. The molecule has 4 nitrogen and oxygen atoms in total. The predicted octanol–water partition coefficient (Wildman–Crippen LogP) is 4.65. The molecule has 0 unspecified atom stereocenters. The average Bonchev–Trinajstić information content (AvgIpc) is 2.49. The molecule has 0 bridgehead atoms. The summed E-state index contributed by atoms with van der Waals surface area (Å²) in [6.45, 7) is 1.67. The molecule has 21 heavy (non-hydrogen) atoms. The second-order valence-corrected chi connectivity index (χ2v) is 5.13. The zero-order chi connectivity index (χ0) is 15.4. The van der Waals surface area contributed by atoms with E-state index in [4.69, 9.17) is 28.4 Å². The standard InChI is InChI=1S/C15H12Cl2N2O2/c1-9(19-21)12-4-2-3-5-14(12)18-8-10-6-11(16)7-13(17)15(10)20/h2-8,20-21H,1H3/b18-8?,19-9+. The summed E-state index contributed by atoms with van der Waals surface area (Å²) in [6.07, 6.45) is 1.45. The fraction of sp³-hybridized carbons (Fsp3) is 0.0667. The summed E-state index contributed by atoms with van der Waals surface area (Å²) in [5.74, 6) is -0.0881. The van der Waals surface area contributed by atoms with Crippen molar-refractivity contribution in [1.29, 1.82) is 0 Å². The molecule has 0 amide bonds. The van der Waals surface area contributed by atoms with Crippen molar-refractivity contribution in [2.75, 3.05) is 0 Å². The Morgan fingerprint density at radius 2 is 1.90 bits per heavy atom. The van der Waals surface area contributed by atoms with Gasteiger partial charge in [-0.2, -0.15) is 0 Å². The number of hydrogen-bond donors (Lipinski definition) is 2. The van der Waals surface area contributed by atoms with Gasteiger partial charge in [0.25, 0.3) is 0 Å². The molecule has 108 valence electrons. The summed E-state index contributed by atoms with van der Waals surface area (Å²) in [7, 11) is 0. The summed E-state index contributed by atoms with van der Waals surface area (Å²) in [4.78, 5) is 4.29. The van der Waals surface area contributed by atoms with Crippen LogP contribution >= 0.6 is 23.2 Å². The van der Waals surface area contributed by atoms with E-state index in [9.17, 15) is 5.11 Å². The fourth-order valence-corrected chi connectivity index (χ4v) is 2.28. The van der Waals surface area contributed by atoms with Crippen LogP contribution in [0, 0.1) is 0 Å². The van der Waals surface area contributed by atoms with Gasteiger partial charge in [0, 0.05) is 22.4 Å². The quantitative estimate of drug-likeness (QED) is 0.491. The minimum absolute atomic E-state index is 0.0881. The fourth-order valence-electron chi connectivity index (χ4n) is 1.77. The predicted molar refractivity (Wildman–Crippen MR) is 85.8 cm³/mol. The molecule has 2 aromatic rings. The summed E-state index contributed by atoms with van der Waals surface area (Å²) in [5.41, 5.74) is 2.13. The highest BCUT2D eigenvalue weighted by molar-refractivity contribution is 6.36. The maximum atomic E-state index is 9.88. The van der Waals surface area contributed by atoms with Gasteiger partial charge < -0.3 is 10.3 Å². The van der Waals surface area contributed by atoms with E-state index < -0.39 is 0 Å². The molecule has 2 N–H and O–H groups in total. The van der Waals surface area contributed by atoms with E-state index in [-0.39, 0.29) is 10.8 Å². The van der Waals surface area contributed by atoms with Gasteiger partial charge in [-0.3, -0.25) is 4.99 Å². The molecule has 0 aliphatic rings. The number of rotatable bonds is 3. The van der Waals surface area contributed by atoms with E-state index in [1.807, 2.05) is 12.1 Å². The molecule has 0 aliphatic heterocycles. The number of oxime groups is 1. The van der Waals surface area contributed by atoms with Crippen LogP contribution < -0.4 is 0 Å². The van der Waals surface area contributed by atoms with Crippen molar-refractivity contribution >= 4 is 40.8 Å². The number of hydrogen-bond acceptors (Lipinski definition) is 4. The van der Waals surface area contributed by atoms with Crippen LogP contribution in [0.5, 0.6) is 5.75 Å². The number of aliphatic imine (C=N–C) groups is 1. The number of benzene rings is 2. The van der Waals surface area contributed by atoms with E-state index in [2.05, 4.69) is 10.1 Å².